The maximum absolute atomic E-state index is 12.3. The molecule has 2 aromatic rings. The number of ether oxygens (including phenoxy) is 1. The first-order chi connectivity index (χ1) is 12.2. The Morgan fingerprint density at radius 1 is 1.32 bits per heavy atom. The molecule has 0 aliphatic carbocycles. The first-order valence-electron chi connectivity index (χ1n) is 8.63. The highest BCUT2D eigenvalue weighted by Crippen LogP contribution is 2.33. The molecule has 1 fully saturated rings. The van der Waals surface area contributed by atoms with Gasteiger partial charge in [-0.1, -0.05) is 25.1 Å². The van der Waals surface area contributed by atoms with Crippen molar-refractivity contribution in [2.24, 2.45) is 5.92 Å². The highest BCUT2D eigenvalue weighted by molar-refractivity contribution is 5.74. The highest BCUT2D eigenvalue weighted by atomic mass is 16.5. The van der Waals surface area contributed by atoms with Crippen molar-refractivity contribution in [3.63, 3.8) is 0 Å². The second-order valence-electron chi connectivity index (χ2n) is 6.27. The molecular weight excluding hydrogens is 320 g/mol. The van der Waals surface area contributed by atoms with E-state index in [-0.39, 0.29) is 17.9 Å². The lowest BCUT2D eigenvalue weighted by molar-refractivity contribution is 0.144. The van der Waals surface area contributed by atoms with E-state index in [1.54, 1.807) is 12.0 Å². The van der Waals surface area contributed by atoms with E-state index in [9.17, 15) is 4.79 Å². The predicted octanol–water partition coefficient (Wildman–Crippen LogP) is 2.52. The Morgan fingerprint density at radius 3 is 2.84 bits per heavy atom. The van der Waals surface area contributed by atoms with Crippen molar-refractivity contribution in [2.75, 3.05) is 33.4 Å². The van der Waals surface area contributed by atoms with E-state index in [1.165, 1.54) is 0 Å². The van der Waals surface area contributed by atoms with Crippen molar-refractivity contribution >= 4 is 6.03 Å². The number of nitrogens with zero attached hydrogens (tertiary/aromatic N) is 3. The molecule has 1 aromatic carbocycles. The molecule has 7 heteroatoms. The molecule has 1 aliphatic heterocycles. The van der Waals surface area contributed by atoms with Gasteiger partial charge >= 0.3 is 6.03 Å². The summed E-state index contributed by atoms with van der Waals surface area (Å²) in [5, 5.41) is 11.3. The minimum absolute atomic E-state index is 0.0164. The largest absolute Gasteiger partial charge is 0.420 e. The number of likely N-dealkylation sites (tertiary alicyclic amines) is 1. The Kier molecular flexibility index (Phi) is 5.65. The molecule has 25 heavy (non-hydrogen) atoms. The van der Waals surface area contributed by atoms with E-state index in [0.717, 1.165) is 12.0 Å². The topological polar surface area (TPSA) is 80.5 Å². The fourth-order valence-corrected chi connectivity index (χ4v) is 3.13. The molecule has 2 amide bonds. The van der Waals surface area contributed by atoms with Crippen molar-refractivity contribution in [1.82, 2.24) is 20.4 Å². The second kappa shape index (κ2) is 8.11. The Bertz CT molecular complexity index is 689. The number of methoxy groups -OCH3 is 1. The van der Waals surface area contributed by atoms with E-state index >= 15 is 0 Å². The quantitative estimate of drug-likeness (QED) is 0.871. The normalized spacial score (nSPS) is 20.0. The van der Waals surface area contributed by atoms with Crippen LogP contribution >= 0.6 is 0 Å². The number of hydrogen-bond donors (Lipinski definition) is 1. The molecule has 134 valence electrons. The summed E-state index contributed by atoms with van der Waals surface area (Å²) in [6, 6.07) is 9.63. The van der Waals surface area contributed by atoms with Crippen LogP contribution in [-0.4, -0.2) is 54.5 Å². The van der Waals surface area contributed by atoms with Crippen molar-refractivity contribution < 1.29 is 13.9 Å². The van der Waals surface area contributed by atoms with Gasteiger partial charge in [0.2, 0.25) is 11.8 Å². The third-order valence-electron chi connectivity index (χ3n) is 4.41. The molecule has 0 unspecified atom stereocenters. The molecule has 2 atom stereocenters. The number of rotatable bonds is 6. The van der Waals surface area contributed by atoms with Crippen LogP contribution in [0.4, 0.5) is 4.79 Å². The number of carbonyl (C=O) groups excluding carboxylic acids is 1. The lowest BCUT2D eigenvalue weighted by Crippen LogP contribution is -2.39. The fraction of sp³-hybridized carbons (Fsp3) is 0.500. The zero-order valence-electron chi connectivity index (χ0n) is 14.6. The number of hydrogen-bond acceptors (Lipinski definition) is 5. The Balaban J connectivity index is 1.75. The minimum atomic E-state index is -0.0479. The lowest BCUT2D eigenvalue weighted by Gasteiger charge is -2.16. The van der Waals surface area contributed by atoms with Gasteiger partial charge < -0.3 is 19.4 Å². The summed E-state index contributed by atoms with van der Waals surface area (Å²) in [4.78, 5) is 14.1. The van der Waals surface area contributed by atoms with Gasteiger partial charge in [-0.05, 0) is 18.6 Å². The minimum Gasteiger partial charge on any atom is -0.420 e. The molecule has 1 aromatic heterocycles. The van der Waals surface area contributed by atoms with Crippen molar-refractivity contribution in [2.45, 2.75) is 19.3 Å². The van der Waals surface area contributed by atoms with Crippen LogP contribution in [0.15, 0.2) is 34.7 Å². The van der Waals surface area contributed by atoms with Gasteiger partial charge in [0, 0.05) is 38.2 Å². The first kappa shape index (κ1) is 17.4. The first-order valence-corrected chi connectivity index (χ1v) is 8.63. The van der Waals surface area contributed by atoms with Gasteiger partial charge in [-0.25, -0.2) is 4.79 Å². The molecule has 0 saturated carbocycles. The number of carbonyl (C=O) groups is 1. The summed E-state index contributed by atoms with van der Waals surface area (Å²) in [5.74, 6) is 1.19. The van der Waals surface area contributed by atoms with Crippen molar-refractivity contribution in [3.8, 4) is 11.5 Å². The monoisotopic (exact) mass is 344 g/mol. The van der Waals surface area contributed by atoms with Crippen LogP contribution in [0, 0.1) is 5.92 Å². The van der Waals surface area contributed by atoms with Crippen LogP contribution in [0.2, 0.25) is 0 Å². The lowest BCUT2D eigenvalue weighted by atomic mass is 9.97. The SMILES string of the molecule is CCCNC(=O)N1C[C@@H](COC)[C@H](c2nnc(-c3ccccc3)o2)C1. The van der Waals surface area contributed by atoms with Gasteiger partial charge in [0.25, 0.3) is 0 Å². The molecule has 1 N–H and O–H groups in total. The van der Waals surface area contributed by atoms with E-state index in [2.05, 4.69) is 15.5 Å². The van der Waals surface area contributed by atoms with Crippen LogP contribution in [-0.2, 0) is 4.74 Å². The molecule has 2 heterocycles. The smallest absolute Gasteiger partial charge is 0.317 e. The second-order valence-corrected chi connectivity index (χ2v) is 6.27. The number of benzene rings is 1. The fourth-order valence-electron chi connectivity index (χ4n) is 3.13. The molecule has 0 radical (unpaired) electrons. The van der Waals surface area contributed by atoms with Gasteiger partial charge in [0.15, 0.2) is 0 Å². The summed E-state index contributed by atoms with van der Waals surface area (Å²) in [6.07, 6.45) is 0.911. The number of aromatic nitrogens is 2. The molecule has 1 aliphatic rings. The standard InChI is InChI=1S/C18H24N4O3/c1-3-9-19-18(23)22-10-14(12-24-2)15(11-22)17-21-20-16(25-17)13-7-5-4-6-8-13/h4-8,14-15H,3,9-12H2,1-2H3,(H,19,23)/t14-,15+/m0/s1. The van der Waals surface area contributed by atoms with Gasteiger partial charge in [-0.3, -0.25) is 0 Å². The van der Waals surface area contributed by atoms with Crippen LogP contribution in [0.3, 0.4) is 0 Å². The van der Waals surface area contributed by atoms with Gasteiger partial charge in [0.1, 0.15) is 0 Å². The summed E-state index contributed by atoms with van der Waals surface area (Å²) >= 11 is 0. The van der Waals surface area contributed by atoms with E-state index in [4.69, 9.17) is 9.15 Å². The molecule has 0 spiro atoms. The van der Waals surface area contributed by atoms with Gasteiger partial charge in [0.05, 0.1) is 12.5 Å². The van der Waals surface area contributed by atoms with Crippen molar-refractivity contribution in [1.29, 1.82) is 0 Å². The van der Waals surface area contributed by atoms with E-state index < -0.39 is 0 Å². The Hall–Kier alpha value is -2.41. The Labute approximate surface area is 147 Å². The zero-order valence-corrected chi connectivity index (χ0v) is 14.6. The number of nitrogens with one attached hydrogen (secondary N) is 1. The average Bonchev–Trinajstić information content (AvgIpc) is 3.28. The van der Waals surface area contributed by atoms with Crippen molar-refractivity contribution in [3.05, 3.63) is 36.2 Å². The number of urea groups is 1. The summed E-state index contributed by atoms with van der Waals surface area (Å²) in [5.41, 5.74) is 0.889. The third kappa shape index (κ3) is 3.99. The van der Waals surface area contributed by atoms with Crippen LogP contribution in [0.1, 0.15) is 25.2 Å². The van der Waals surface area contributed by atoms with Crippen LogP contribution in [0.25, 0.3) is 11.5 Å². The molecule has 0 bridgehead atoms. The molecule has 3 rings (SSSR count). The summed E-state index contributed by atoms with van der Waals surface area (Å²) in [6.45, 7) is 4.43. The van der Waals surface area contributed by atoms with E-state index in [1.807, 2.05) is 37.3 Å². The molecule has 1 saturated heterocycles. The average molecular weight is 344 g/mol. The van der Waals surface area contributed by atoms with Gasteiger partial charge in [-0.15, -0.1) is 10.2 Å². The van der Waals surface area contributed by atoms with Crippen LogP contribution < -0.4 is 5.32 Å². The number of amides is 2. The maximum Gasteiger partial charge on any atom is 0.317 e. The summed E-state index contributed by atoms with van der Waals surface area (Å²) < 4.78 is 11.2. The third-order valence-corrected chi connectivity index (χ3v) is 4.41. The molecule has 7 nitrogen and oxygen atoms in total. The summed E-state index contributed by atoms with van der Waals surface area (Å²) in [7, 11) is 1.67. The molecular formula is C18H24N4O3. The highest BCUT2D eigenvalue weighted by Gasteiger charge is 2.39. The van der Waals surface area contributed by atoms with E-state index in [0.29, 0.717) is 38.0 Å². The zero-order chi connectivity index (χ0) is 17.6. The van der Waals surface area contributed by atoms with Gasteiger partial charge in [-0.2, -0.15) is 0 Å². The Morgan fingerprint density at radius 2 is 2.12 bits per heavy atom. The maximum atomic E-state index is 12.3. The van der Waals surface area contributed by atoms with Crippen LogP contribution in [0.5, 0.6) is 0 Å². The predicted molar refractivity (Wildman–Crippen MR) is 93.1 cm³/mol.